The predicted octanol–water partition coefficient (Wildman–Crippen LogP) is 1.83. The number of piperidine rings is 1. The number of nitrogens with one attached hydrogen (secondary N) is 2. The topological polar surface area (TPSA) is 61.4 Å². The molecule has 5 nitrogen and oxygen atoms in total. The van der Waals surface area contributed by atoms with E-state index in [9.17, 15) is 9.59 Å². The van der Waals surface area contributed by atoms with Crippen molar-refractivity contribution >= 4 is 11.9 Å². The van der Waals surface area contributed by atoms with Gasteiger partial charge in [0.2, 0.25) is 5.91 Å². The van der Waals surface area contributed by atoms with E-state index < -0.39 is 6.03 Å². The highest BCUT2D eigenvalue weighted by atomic mass is 16.2. The van der Waals surface area contributed by atoms with Crippen LogP contribution in [-0.4, -0.2) is 42.5 Å². The molecule has 0 spiro atoms. The van der Waals surface area contributed by atoms with E-state index in [0.717, 1.165) is 13.1 Å². The second kappa shape index (κ2) is 7.62. The Bertz CT molecular complexity index is 334. The molecule has 20 heavy (non-hydrogen) atoms. The van der Waals surface area contributed by atoms with Gasteiger partial charge in [-0.25, -0.2) is 4.79 Å². The molecule has 3 atom stereocenters. The second-order valence-corrected chi connectivity index (χ2v) is 6.67. The molecule has 3 amide bonds. The Balaban J connectivity index is 2.43. The average Bonchev–Trinajstić information content (AvgIpc) is 2.34. The Hall–Kier alpha value is -1.10. The van der Waals surface area contributed by atoms with Crippen LogP contribution in [0.2, 0.25) is 0 Å². The van der Waals surface area contributed by atoms with Crippen molar-refractivity contribution in [1.29, 1.82) is 0 Å². The molecule has 0 saturated carbocycles. The first kappa shape index (κ1) is 17.0. The highest BCUT2D eigenvalue weighted by Gasteiger charge is 2.29. The second-order valence-electron chi connectivity index (χ2n) is 6.67. The molecule has 116 valence electrons. The molecule has 1 aliphatic rings. The summed E-state index contributed by atoms with van der Waals surface area (Å²) < 4.78 is 0. The van der Waals surface area contributed by atoms with Gasteiger partial charge in [-0.15, -0.1) is 0 Å². The zero-order chi connectivity index (χ0) is 15.3. The van der Waals surface area contributed by atoms with Crippen molar-refractivity contribution in [1.82, 2.24) is 15.5 Å². The molecule has 5 heteroatoms. The number of hydrogen-bond acceptors (Lipinski definition) is 3. The SMILES string of the molecule is CC(C)CNC(=O)NC(=O)C(C)N1CC(C)CC(C)C1. The first-order chi connectivity index (χ1) is 9.29. The molecule has 0 aliphatic carbocycles. The molecule has 0 aromatic rings. The quantitative estimate of drug-likeness (QED) is 0.827. The van der Waals surface area contributed by atoms with Gasteiger partial charge < -0.3 is 5.32 Å². The summed E-state index contributed by atoms with van der Waals surface area (Å²) in [5.41, 5.74) is 0. The van der Waals surface area contributed by atoms with Gasteiger partial charge in [-0.3, -0.25) is 15.0 Å². The maximum Gasteiger partial charge on any atom is 0.321 e. The maximum absolute atomic E-state index is 12.1. The number of hydrogen-bond donors (Lipinski definition) is 2. The van der Waals surface area contributed by atoms with Crippen molar-refractivity contribution in [2.75, 3.05) is 19.6 Å². The van der Waals surface area contributed by atoms with E-state index >= 15 is 0 Å². The Labute approximate surface area is 122 Å². The molecule has 1 fully saturated rings. The number of imide groups is 1. The molecule has 0 aromatic carbocycles. The summed E-state index contributed by atoms with van der Waals surface area (Å²) in [6, 6.07) is -0.654. The zero-order valence-electron chi connectivity index (χ0n) is 13.4. The van der Waals surface area contributed by atoms with Gasteiger partial charge in [-0.2, -0.15) is 0 Å². The summed E-state index contributed by atoms with van der Waals surface area (Å²) in [5.74, 6) is 1.36. The van der Waals surface area contributed by atoms with Crippen LogP contribution < -0.4 is 10.6 Å². The summed E-state index contributed by atoms with van der Waals surface area (Å²) in [6.07, 6.45) is 1.21. The van der Waals surface area contributed by atoms with E-state index in [-0.39, 0.29) is 11.9 Å². The van der Waals surface area contributed by atoms with Crippen molar-refractivity contribution in [2.24, 2.45) is 17.8 Å². The summed E-state index contributed by atoms with van der Waals surface area (Å²) in [4.78, 5) is 25.9. The van der Waals surface area contributed by atoms with Gasteiger partial charge in [0, 0.05) is 19.6 Å². The third-order valence-electron chi connectivity index (χ3n) is 3.73. The van der Waals surface area contributed by atoms with Gasteiger partial charge in [-0.1, -0.05) is 27.7 Å². The third-order valence-corrected chi connectivity index (χ3v) is 3.73. The fourth-order valence-corrected chi connectivity index (χ4v) is 2.75. The van der Waals surface area contributed by atoms with Crippen LogP contribution in [-0.2, 0) is 4.79 Å². The number of likely N-dealkylation sites (tertiary alicyclic amines) is 1. The summed E-state index contributed by atoms with van der Waals surface area (Å²) in [7, 11) is 0. The lowest BCUT2D eigenvalue weighted by Gasteiger charge is -2.37. The van der Waals surface area contributed by atoms with Crippen LogP contribution in [0.4, 0.5) is 4.79 Å². The molecule has 1 rings (SSSR count). The molecule has 3 unspecified atom stereocenters. The molecule has 1 saturated heterocycles. The number of urea groups is 1. The Kier molecular flexibility index (Phi) is 6.46. The smallest absolute Gasteiger partial charge is 0.321 e. The van der Waals surface area contributed by atoms with E-state index in [4.69, 9.17) is 0 Å². The van der Waals surface area contributed by atoms with Crippen LogP contribution in [0.5, 0.6) is 0 Å². The van der Waals surface area contributed by atoms with Gasteiger partial charge >= 0.3 is 6.03 Å². The highest BCUT2D eigenvalue weighted by molar-refractivity contribution is 5.96. The van der Waals surface area contributed by atoms with Gasteiger partial charge in [0.05, 0.1) is 6.04 Å². The minimum Gasteiger partial charge on any atom is -0.338 e. The molecule has 1 heterocycles. The monoisotopic (exact) mass is 283 g/mol. The van der Waals surface area contributed by atoms with Gasteiger partial charge in [-0.05, 0) is 31.1 Å². The van der Waals surface area contributed by atoms with Crippen LogP contribution in [0.1, 0.15) is 41.0 Å². The van der Waals surface area contributed by atoms with Crippen LogP contribution in [0.25, 0.3) is 0 Å². The molecular formula is C15H29N3O2. The van der Waals surface area contributed by atoms with Crippen molar-refractivity contribution in [2.45, 2.75) is 47.1 Å². The molecule has 0 bridgehead atoms. The van der Waals surface area contributed by atoms with Gasteiger partial charge in [0.25, 0.3) is 0 Å². The lowest BCUT2D eigenvalue weighted by atomic mass is 9.91. The van der Waals surface area contributed by atoms with Crippen molar-refractivity contribution in [3.8, 4) is 0 Å². The lowest BCUT2D eigenvalue weighted by Crippen LogP contribution is -2.53. The largest absolute Gasteiger partial charge is 0.338 e. The molecule has 0 radical (unpaired) electrons. The van der Waals surface area contributed by atoms with E-state index in [0.29, 0.717) is 24.3 Å². The maximum atomic E-state index is 12.1. The molecule has 0 aromatic heterocycles. The number of rotatable bonds is 4. The van der Waals surface area contributed by atoms with E-state index in [1.165, 1.54) is 6.42 Å². The Morgan fingerprint density at radius 1 is 1.15 bits per heavy atom. The number of carbonyl (C=O) groups is 2. The van der Waals surface area contributed by atoms with Gasteiger partial charge in [0.1, 0.15) is 0 Å². The van der Waals surface area contributed by atoms with Crippen LogP contribution in [0.15, 0.2) is 0 Å². The minimum absolute atomic E-state index is 0.215. The zero-order valence-corrected chi connectivity index (χ0v) is 13.4. The Morgan fingerprint density at radius 3 is 2.20 bits per heavy atom. The number of nitrogens with zero attached hydrogens (tertiary/aromatic N) is 1. The first-order valence-electron chi connectivity index (χ1n) is 7.62. The highest BCUT2D eigenvalue weighted by Crippen LogP contribution is 2.22. The van der Waals surface area contributed by atoms with Crippen LogP contribution >= 0.6 is 0 Å². The predicted molar refractivity (Wildman–Crippen MR) is 80.4 cm³/mol. The third kappa shape index (κ3) is 5.49. The van der Waals surface area contributed by atoms with Crippen molar-refractivity contribution in [3.63, 3.8) is 0 Å². The molecular weight excluding hydrogens is 254 g/mol. The van der Waals surface area contributed by atoms with E-state index in [1.807, 2.05) is 20.8 Å². The van der Waals surface area contributed by atoms with Crippen LogP contribution in [0, 0.1) is 17.8 Å². The molecule has 1 aliphatic heterocycles. The van der Waals surface area contributed by atoms with Crippen molar-refractivity contribution < 1.29 is 9.59 Å². The number of amides is 3. The van der Waals surface area contributed by atoms with E-state index in [1.54, 1.807) is 0 Å². The average molecular weight is 283 g/mol. The standard InChI is InChI=1S/C15H29N3O2/c1-10(2)7-16-15(20)17-14(19)13(5)18-8-11(3)6-12(4)9-18/h10-13H,6-9H2,1-5H3,(H2,16,17,19,20). The fraction of sp³-hybridized carbons (Fsp3) is 0.867. The first-order valence-corrected chi connectivity index (χ1v) is 7.62. The number of carbonyl (C=O) groups excluding carboxylic acids is 2. The minimum atomic E-state index is -0.395. The fourth-order valence-electron chi connectivity index (χ4n) is 2.75. The Morgan fingerprint density at radius 2 is 1.70 bits per heavy atom. The lowest BCUT2D eigenvalue weighted by molar-refractivity contribution is -0.125. The van der Waals surface area contributed by atoms with Gasteiger partial charge in [0.15, 0.2) is 0 Å². The van der Waals surface area contributed by atoms with E-state index in [2.05, 4.69) is 29.4 Å². The van der Waals surface area contributed by atoms with Crippen LogP contribution in [0.3, 0.4) is 0 Å². The summed E-state index contributed by atoms with van der Waals surface area (Å²) >= 11 is 0. The van der Waals surface area contributed by atoms with Crippen molar-refractivity contribution in [3.05, 3.63) is 0 Å². The normalized spacial score (nSPS) is 25.3. The summed E-state index contributed by atoms with van der Waals surface area (Å²) in [6.45, 7) is 12.7. The summed E-state index contributed by atoms with van der Waals surface area (Å²) in [5, 5.41) is 5.13. The molecule has 2 N–H and O–H groups in total.